The second-order valence-electron chi connectivity index (χ2n) is 9.96. The average molecular weight is 455 g/mol. The lowest BCUT2D eigenvalue weighted by Gasteiger charge is -2.22. The number of amides is 1. The fraction of sp³-hybridized carbons (Fsp3) is 0.926. The van der Waals surface area contributed by atoms with Gasteiger partial charge in [-0.15, -0.1) is 0 Å². The fourth-order valence-electron chi connectivity index (χ4n) is 4.50. The summed E-state index contributed by atoms with van der Waals surface area (Å²) in [6, 6.07) is -0.353. The SMILES string of the molecule is CCCCCCCCCCCCC(C)C(CC)C(=O)NCCCCC(NC(C)C)C(=O)O. The Morgan fingerprint density at radius 3 is 1.78 bits per heavy atom. The number of nitrogens with one attached hydrogen (secondary N) is 2. The van der Waals surface area contributed by atoms with Crippen LogP contribution in [-0.2, 0) is 9.59 Å². The molecule has 0 aromatic rings. The van der Waals surface area contributed by atoms with Crippen molar-refractivity contribution in [2.45, 2.75) is 143 Å². The minimum atomic E-state index is -0.797. The van der Waals surface area contributed by atoms with Gasteiger partial charge in [-0.2, -0.15) is 0 Å². The van der Waals surface area contributed by atoms with Crippen LogP contribution in [0, 0.1) is 11.8 Å². The molecule has 0 aliphatic rings. The number of unbranched alkanes of at least 4 members (excludes halogenated alkanes) is 10. The molecular weight excluding hydrogens is 400 g/mol. The first-order chi connectivity index (χ1) is 15.3. The highest BCUT2D eigenvalue weighted by Crippen LogP contribution is 2.22. The van der Waals surface area contributed by atoms with Crippen molar-refractivity contribution in [2.24, 2.45) is 11.8 Å². The largest absolute Gasteiger partial charge is 0.480 e. The van der Waals surface area contributed by atoms with Crippen LogP contribution >= 0.6 is 0 Å². The summed E-state index contributed by atoms with van der Waals surface area (Å²) >= 11 is 0. The van der Waals surface area contributed by atoms with Crippen LogP contribution < -0.4 is 10.6 Å². The van der Waals surface area contributed by atoms with E-state index < -0.39 is 12.0 Å². The standard InChI is InChI=1S/C27H54N2O3/c1-6-8-9-10-11-12-13-14-15-16-19-23(5)24(7-2)26(30)28-21-18-17-20-25(27(31)32)29-22(3)4/h22-25,29H,6-21H2,1-5H3,(H,28,30)(H,31,32). The molecular formula is C27H54N2O3. The van der Waals surface area contributed by atoms with E-state index in [0.29, 0.717) is 18.9 Å². The van der Waals surface area contributed by atoms with Crippen LogP contribution in [-0.4, -0.2) is 35.6 Å². The number of hydrogen-bond acceptors (Lipinski definition) is 3. The molecule has 0 saturated heterocycles. The molecule has 0 heterocycles. The van der Waals surface area contributed by atoms with Crippen molar-refractivity contribution in [3.8, 4) is 0 Å². The quantitative estimate of drug-likeness (QED) is 0.159. The monoisotopic (exact) mass is 454 g/mol. The van der Waals surface area contributed by atoms with E-state index in [2.05, 4.69) is 31.4 Å². The molecule has 0 aliphatic carbocycles. The lowest BCUT2D eigenvalue weighted by atomic mass is 9.86. The van der Waals surface area contributed by atoms with Gasteiger partial charge in [0.2, 0.25) is 5.91 Å². The summed E-state index contributed by atoms with van der Waals surface area (Å²) < 4.78 is 0. The van der Waals surface area contributed by atoms with Gasteiger partial charge in [-0.3, -0.25) is 9.59 Å². The topological polar surface area (TPSA) is 78.4 Å². The molecule has 0 aromatic heterocycles. The number of carbonyl (C=O) groups excluding carboxylic acids is 1. The molecule has 5 nitrogen and oxygen atoms in total. The van der Waals surface area contributed by atoms with E-state index in [1.165, 1.54) is 64.2 Å². The van der Waals surface area contributed by atoms with Crippen LogP contribution in [0.3, 0.4) is 0 Å². The molecule has 0 rings (SSSR count). The Labute approximate surface area is 198 Å². The summed E-state index contributed by atoms with van der Waals surface area (Å²) in [6.45, 7) is 11.1. The molecule has 3 unspecified atom stereocenters. The highest BCUT2D eigenvalue weighted by molar-refractivity contribution is 5.78. The molecule has 3 atom stereocenters. The van der Waals surface area contributed by atoms with Gasteiger partial charge in [0.1, 0.15) is 6.04 Å². The molecule has 0 bridgehead atoms. The minimum absolute atomic E-state index is 0.0861. The van der Waals surface area contributed by atoms with Crippen molar-refractivity contribution in [3.05, 3.63) is 0 Å². The maximum atomic E-state index is 12.6. The fourth-order valence-corrected chi connectivity index (χ4v) is 4.50. The van der Waals surface area contributed by atoms with Crippen LogP contribution in [0.25, 0.3) is 0 Å². The van der Waals surface area contributed by atoms with Crippen molar-refractivity contribution in [1.29, 1.82) is 0 Å². The number of carboxylic acids is 1. The first kappa shape index (κ1) is 30.9. The molecule has 0 radical (unpaired) electrons. The van der Waals surface area contributed by atoms with Gasteiger partial charge in [0.25, 0.3) is 0 Å². The van der Waals surface area contributed by atoms with Gasteiger partial charge in [0, 0.05) is 18.5 Å². The van der Waals surface area contributed by atoms with E-state index in [0.717, 1.165) is 25.7 Å². The summed E-state index contributed by atoms with van der Waals surface area (Å²) in [6.07, 6.45) is 17.7. The van der Waals surface area contributed by atoms with Crippen LogP contribution in [0.2, 0.25) is 0 Å². The first-order valence-electron chi connectivity index (χ1n) is 13.6. The Hall–Kier alpha value is -1.10. The highest BCUT2D eigenvalue weighted by atomic mass is 16.4. The number of hydrogen-bond donors (Lipinski definition) is 3. The minimum Gasteiger partial charge on any atom is -0.480 e. The second kappa shape index (κ2) is 20.5. The molecule has 0 aromatic carbocycles. The number of rotatable bonds is 22. The predicted octanol–water partition coefficient (Wildman–Crippen LogP) is 6.70. The lowest BCUT2D eigenvalue weighted by molar-refractivity contribution is -0.140. The summed E-state index contributed by atoms with van der Waals surface area (Å²) in [4.78, 5) is 23.9. The molecule has 3 N–H and O–H groups in total. The van der Waals surface area contributed by atoms with Crippen molar-refractivity contribution in [2.75, 3.05) is 6.54 Å². The zero-order valence-electron chi connectivity index (χ0n) is 21.9. The third-order valence-corrected chi connectivity index (χ3v) is 6.53. The molecule has 0 fully saturated rings. The van der Waals surface area contributed by atoms with Gasteiger partial charge in [-0.25, -0.2) is 0 Å². The van der Waals surface area contributed by atoms with Gasteiger partial charge in [0.05, 0.1) is 0 Å². The first-order valence-corrected chi connectivity index (χ1v) is 13.6. The third kappa shape index (κ3) is 16.5. The number of aliphatic carboxylic acids is 1. The molecule has 1 amide bonds. The zero-order valence-corrected chi connectivity index (χ0v) is 21.9. The Balaban J connectivity index is 3.92. The van der Waals surface area contributed by atoms with Crippen LogP contribution in [0.1, 0.15) is 131 Å². The number of carbonyl (C=O) groups is 2. The van der Waals surface area contributed by atoms with Gasteiger partial charge in [-0.1, -0.05) is 98.8 Å². The van der Waals surface area contributed by atoms with E-state index in [1.807, 2.05) is 13.8 Å². The Bertz CT molecular complexity index is 468. The van der Waals surface area contributed by atoms with Crippen LogP contribution in [0.5, 0.6) is 0 Å². The second-order valence-corrected chi connectivity index (χ2v) is 9.96. The predicted molar refractivity (Wildman–Crippen MR) is 136 cm³/mol. The Morgan fingerprint density at radius 2 is 1.28 bits per heavy atom. The maximum absolute atomic E-state index is 12.6. The summed E-state index contributed by atoms with van der Waals surface area (Å²) in [5.41, 5.74) is 0. The van der Waals surface area contributed by atoms with E-state index in [4.69, 9.17) is 0 Å². The molecule has 0 spiro atoms. The highest BCUT2D eigenvalue weighted by Gasteiger charge is 2.23. The van der Waals surface area contributed by atoms with Crippen molar-refractivity contribution >= 4 is 11.9 Å². The lowest BCUT2D eigenvalue weighted by Crippen LogP contribution is -2.41. The Morgan fingerprint density at radius 1 is 0.750 bits per heavy atom. The molecule has 0 aliphatic heterocycles. The van der Waals surface area contributed by atoms with Crippen molar-refractivity contribution in [1.82, 2.24) is 10.6 Å². The van der Waals surface area contributed by atoms with E-state index in [-0.39, 0.29) is 17.9 Å². The number of carboxylic acid groups (broad SMARTS) is 1. The zero-order chi connectivity index (χ0) is 24.2. The summed E-state index contributed by atoms with van der Waals surface area (Å²) in [5, 5.41) is 15.4. The van der Waals surface area contributed by atoms with E-state index in [1.54, 1.807) is 0 Å². The average Bonchev–Trinajstić information content (AvgIpc) is 2.74. The van der Waals surface area contributed by atoms with Crippen LogP contribution in [0.15, 0.2) is 0 Å². The van der Waals surface area contributed by atoms with Gasteiger partial charge in [0.15, 0.2) is 0 Å². The Kier molecular flexibility index (Phi) is 19.8. The van der Waals surface area contributed by atoms with E-state index >= 15 is 0 Å². The summed E-state index contributed by atoms with van der Waals surface area (Å²) in [5.74, 6) is -0.125. The van der Waals surface area contributed by atoms with Gasteiger partial charge < -0.3 is 15.7 Å². The van der Waals surface area contributed by atoms with Gasteiger partial charge in [-0.05, 0) is 38.0 Å². The molecule has 32 heavy (non-hydrogen) atoms. The maximum Gasteiger partial charge on any atom is 0.320 e. The van der Waals surface area contributed by atoms with E-state index in [9.17, 15) is 14.7 Å². The third-order valence-electron chi connectivity index (χ3n) is 6.53. The molecule has 0 saturated carbocycles. The normalized spacial score (nSPS) is 14.3. The molecule has 190 valence electrons. The van der Waals surface area contributed by atoms with Crippen LogP contribution in [0.4, 0.5) is 0 Å². The van der Waals surface area contributed by atoms with Gasteiger partial charge >= 0.3 is 5.97 Å². The summed E-state index contributed by atoms with van der Waals surface area (Å²) in [7, 11) is 0. The smallest absolute Gasteiger partial charge is 0.320 e. The van der Waals surface area contributed by atoms with Crippen molar-refractivity contribution in [3.63, 3.8) is 0 Å². The van der Waals surface area contributed by atoms with Crippen molar-refractivity contribution < 1.29 is 14.7 Å². The molecule has 5 heteroatoms.